The van der Waals surface area contributed by atoms with E-state index >= 15 is 0 Å². The van der Waals surface area contributed by atoms with Gasteiger partial charge in [-0.15, -0.1) is 0 Å². The maximum absolute atomic E-state index is 8.76. The van der Waals surface area contributed by atoms with Crippen LogP contribution in [-0.4, -0.2) is 13.2 Å². The molecular formula is C14H13BrN2O2. The van der Waals surface area contributed by atoms with Crippen LogP contribution in [0.2, 0.25) is 0 Å². The van der Waals surface area contributed by atoms with Gasteiger partial charge in [0.15, 0.2) is 11.5 Å². The first-order valence-electron chi connectivity index (χ1n) is 5.77. The van der Waals surface area contributed by atoms with E-state index < -0.39 is 0 Å². The minimum Gasteiger partial charge on any atom is -0.490 e. The Balaban J connectivity index is 3.29. The van der Waals surface area contributed by atoms with Crippen LogP contribution < -0.4 is 9.47 Å². The number of nitrogens with zero attached hydrogens (tertiary/aromatic N) is 2. The number of hydrogen-bond acceptors (Lipinski definition) is 4. The first-order chi connectivity index (χ1) is 9.15. The molecule has 1 rings (SSSR count). The van der Waals surface area contributed by atoms with Crippen LogP contribution in [0.3, 0.4) is 0 Å². The lowest BCUT2D eigenvalue weighted by Gasteiger charge is -2.13. The summed E-state index contributed by atoms with van der Waals surface area (Å²) in [4.78, 5) is 0. The molecule has 0 amide bonds. The van der Waals surface area contributed by atoms with E-state index in [0.29, 0.717) is 30.3 Å². The summed E-state index contributed by atoms with van der Waals surface area (Å²) in [6.07, 6.45) is 1.50. The van der Waals surface area contributed by atoms with Crippen LogP contribution in [0.1, 0.15) is 19.4 Å². The van der Waals surface area contributed by atoms with Crippen molar-refractivity contribution in [1.29, 1.82) is 10.5 Å². The van der Waals surface area contributed by atoms with Gasteiger partial charge in [0.2, 0.25) is 0 Å². The van der Waals surface area contributed by atoms with E-state index in [4.69, 9.17) is 20.0 Å². The maximum Gasteiger partial charge on any atom is 0.175 e. The van der Waals surface area contributed by atoms with Gasteiger partial charge in [-0.25, -0.2) is 0 Å². The lowest BCUT2D eigenvalue weighted by Crippen LogP contribution is -1.99. The summed E-state index contributed by atoms with van der Waals surface area (Å²) >= 11 is 3.40. The van der Waals surface area contributed by atoms with E-state index in [-0.39, 0.29) is 5.57 Å². The standard InChI is InChI=1S/C14H13BrN2O2/c1-3-18-13-7-10(5-11(8-16)9-17)6-12(15)14(13)19-4-2/h5-7H,3-4H2,1-2H3. The number of allylic oxidation sites excluding steroid dienone is 1. The highest BCUT2D eigenvalue weighted by Gasteiger charge is 2.11. The predicted octanol–water partition coefficient (Wildman–Crippen LogP) is 3.68. The fourth-order valence-corrected chi connectivity index (χ4v) is 2.05. The van der Waals surface area contributed by atoms with Crippen LogP contribution in [0.4, 0.5) is 0 Å². The summed E-state index contributed by atoms with van der Waals surface area (Å²) in [7, 11) is 0. The molecule has 0 N–H and O–H groups in total. The van der Waals surface area contributed by atoms with Crippen LogP contribution >= 0.6 is 15.9 Å². The van der Waals surface area contributed by atoms with Crippen molar-refractivity contribution >= 4 is 22.0 Å². The van der Waals surface area contributed by atoms with Gasteiger partial charge in [-0.2, -0.15) is 10.5 Å². The molecule has 98 valence electrons. The summed E-state index contributed by atoms with van der Waals surface area (Å²) in [5.41, 5.74) is 0.746. The van der Waals surface area contributed by atoms with Gasteiger partial charge < -0.3 is 9.47 Å². The number of benzene rings is 1. The van der Waals surface area contributed by atoms with Gasteiger partial charge in [0.25, 0.3) is 0 Å². The van der Waals surface area contributed by atoms with Crippen molar-refractivity contribution in [2.75, 3.05) is 13.2 Å². The predicted molar refractivity (Wildman–Crippen MR) is 75.7 cm³/mol. The van der Waals surface area contributed by atoms with Crippen molar-refractivity contribution in [3.63, 3.8) is 0 Å². The molecule has 1 aromatic rings. The molecule has 0 aliphatic rings. The van der Waals surface area contributed by atoms with Gasteiger partial charge in [0, 0.05) is 0 Å². The van der Waals surface area contributed by atoms with Crippen molar-refractivity contribution in [3.8, 4) is 23.6 Å². The Labute approximate surface area is 121 Å². The Kier molecular flexibility index (Phi) is 5.92. The number of hydrogen-bond donors (Lipinski definition) is 0. The number of rotatable bonds is 5. The molecule has 4 nitrogen and oxygen atoms in total. The Bertz CT molecular complexity index is 552. The molecule has 0 unspecified atom stereocenters. The molecule has 0 atom stereocenters. The zero-order chi connectivity index (χ0) is 14.3. The summed E-state index contributed by atoms with van der Waals surface area (Å²) < 4.78 is 11.7. The van der Waals surface area contributed by atoms with Crippen LogP contribution in [0.5, 0.6) is 11.5 Å². The zero-order valence-electron chi connectivity index (χ0n) is 10.7. The number of halogens is 1. The molecule has 19 heavy (non-hydrogen) atoms. The van der Waals surface area contributed by atoms with E-state index in [9.17, 15) is 0 Å². The normalized spacial score (nSPS) is 9.11. The molecule has 0 saturated carbocycles. The molecule has 1 aromatic carbocycles. The zero-order valence-corrected chi connectivity index (χ0v) is 12.3. The highest BCUT2D eigenvalue weighted by molar-refractivity contribution is 9.10. The fraction of sp³-hybridized carbons (Fsp3) is 0.286. The summed E-state index contributed by atoms with van der Waals surface area (Å²) in [5, 5.41) is 17.5. The average molecular weight is 321 g/mol. The molecule has 0 aliphatic carbocycles. The molecule has 0 saturated heterocycles. The van der Waals surface area contributed by atoms with Crippen LogP contribution in [0.25, 0.3) is 6.08 Å². The quantitative estimate of drug-likeness (QED) is 0.776. The van der Waals surface area contributed by atoms with Crippen molar-refractivity contribution in [1.82, 2.24) is 0 Å². The molecule has 0 radical (unpaired) electrons. The van der Waals surface area contributed by atoms with Gasteiger partial charge in [0.1, 0.15) is 17.7 Å². The second kappa shape index (κ2) is 7.45. The van der Waals surface area contributed by atoms with E-state index in [2.05, 4.69) is 15.9 Å². The lowest BCUT2D eigenvalue weighted by atomic mass is 10.1. The molecule has 0 aromatic heterocycles. The van der Waals surface area contributed by atoms with Crippen molar-refractivity contribution in [2.24, 2.45) is 0 Å². The van der Waals surface area contributed by atoms with E-state index in [1.54, 1.807) is 12.1 Å². The number of nitriles is 2. The molecule has 0 fully saturated rings. The van der Waals surface area contributed by atoms with Crippen LogP contribution in [0, 0.1) is 22.7 Å². The van der Waals surface area contributed by atoms with Gasteiger partial charge in [0.05, 0.1) is 17.7 Å². The Morgan fingerprint density at radius 3 is 2.37 bits per heavy atom. The van der Waals surface area contributed by atoms with Crippen molar-refractivity contribution in [3.05, 3.63) is 27.7 Å². The topological polar surface area (TPSA) is 66.0 Å². The molecule has 0 aliphatic heterocycles. The maximum atomic E-state index is 8.76. The van der Waals surface area contributed by atoms with E-state index in [1.807, 2.05) is 26.0 Å². The minimum atomic E-state index is 0.0403. The summed E-state index contributed by atoms with van der Waals surface area (Å²) in [6, 6.07) is 7.17. The first-order valence-corrected chi connectivity index (χ1v) is 6.56. The fourth-order valence-electron chi connectivity index (χ4n) is 1.47. The monoisotopic (exact) mass is 320 g/mol. The summed E-state index contributed by atoms with van der Waals surface area (Å²) in [6.45, 7) is 4.79. The van der Waals surface area contributed by atoms with Crippen LogP contribution in [-0.2, 0) is 0 Å². The Hall–Kier alpha value is -1.98. The average Bonchev–Trinajstić information content (AvgIpc) is 2.40. The first kappa shape index (κ1) is 15.1. The van der Waals surface area contributed by atoms with Gasteiger partial charge in [-0.3, -0.25) is 0 Å². The molecule has 0 spiro atoms. The van der Waals surface area contributed by atoms with Crippen molar-refractivity contribution in [2.45, 2.75) is 13.8 Å². The second-order valence-corrected chi connectivity index (χ2v) is 4.33. The highest BCUT2D eigenvalue weighted by atomic mass is 79.9. The van der Waals surface area contributed by atoms with Gasteiger partial charge >= 0.3 is 0 Å². The smallest absolute Gasteiger partial charge is 0.175 e. The van der Waals surface area contributed by atoms with Gasteiger partial charge in [-0.05, 0) is 53.5 Å². The van der Waals surface area contributed by atoms with Crippen LogP contribution in [0.15, 0.2) is 22.2 Å². The third-order valence-corrected chi connectivity index (χ3v) is 2.76. The van der Waals surface area contributed by atoms with Gasteiger partial charge in [-0.1, -0.05) is 0 Å². The largest absolute Gasteiger partial charge is 0.490 e. The summed E-state index contributed by atoms with van der Waals surface area (Å²) in [5.74, 6) is 1.21. The second-order valence-electron chi connectivity index (χ2n) is 3.48. The third-order valence-electron chi connectivity index (χ3n) is 2.17. The third kappa shape index (κ3) is 4.01. The Morgan fingerprint density at radius 1 is 1.21 bits per heavy atom. The Morgan fingerprint density at radius 2 is 1.84 bits per heavy atom. The van der Waals surface area contributed by atoms with E-state index in [0.717, 1.165) is 4.47 Å². The number of ether oxygens (including phenoxy) is 2. The highest BCUT2D eigenvalue weighted by Crippen LogP contribution is 2.37. The molecule has 0 heterocycles. The molecule has 5 heteroatoms. The SMILES string of the molecule is CCOc1cc(C=C(C#N)C#N)cc(Br)c1OCC. The minimum absolute atomic E-state index is 0.0403. The van der Waals surface area contributed by atoms with E-state index in [1.165, 1.54) is 6.08 Å². The van der Waals surface area contributed by atoms with Crippen molar-refractivity contribution < 1.29 is 9.47 Å². The lowest BCUT2D eigenvalue weighted by molar-refractivity contribution is 0.286. The molecule has 0 bridgehead atoms. The molecular weight excluding hydrogens is 308 g/mol.